The fourth-order valence-corrected chi connectivity index (χ4v) is 2.71. The van der Waals surface area contributed by atoms with E-state index in [4.69, 9.17) is 16.7 Å². The van der Waals surface area contributed by atoms with Crippen LogP contribution in [0, 0.1) is 5.82 Å². The first kappa shape index (κ1) is 14.3. The second kappa shape index (κ2) is 6.35. The highest BCUT2D eigenvalue weighted by Gasteiger charge is 2.29. The third-order valence-corrected chi connectivity index (χ3v) is 3.79. The number of hydrogen-bond donors (Lipinski definition) is 1. The van der Waals surface area contributed by atoms with Crippen LogP contribution in [-0.2, 0) is 0 Å². The molecule has 2 rings (SSSR count). The van der Waals surface area contributed by atoms with E-state index in [2.05, 4.69) is 0 Å². The molecule has 1 aromatic rings. The molecule has 19 heavy (non-hydrogen) atoms. The lowest BCUT2D eigenvalue weighted by Gasteiger charge is -2.24. The topological polar surface area (TPSA) is 40.5 Å². The maximum Gasteiger partial charge on any atom is 0.254 e. The van der Waals surface area contributed by atoms with Crippen LogP contribution < -0.4 is 0 Å². The molecule has 1 aliphatic heterocycles. The number of aliphatic hydroxyl groups excluding tert-OH is 1. The third kappa shape index (κ3) is 3.25. The first-order valence-corrected chi connectivity index (χ1v) is 6.88. The van der Waals surface area contributed by atoms with E-state index >= 15 is 0 Å². The van der Waals surface area contributed by atoms with Gasteiger partial charge < -0.3 is 10.0 Å². The molecule has 1 unspecified atom stereocenters. The summed E-state index contributed by atoms with van der Waals surface area (Å²) in [6.07, 6.45) is 3.42. The summed E-state index contributed by atoms with van der Waals surface area (Å²) < 4.78 is 13.1. The molecule has 0 spiro atoms. The Labute approximate surface area is 117 Å². The normalized spacial score (nSPS) is 18.9. The zero-order valence-electron chi connectivity index (χ0n) is 10.6. The first-order valence-electron chi connectivity index (χ1n) is 6.50. The lowest BCUT2D eigenvalue weighted by molar-refractivity contribution is 0.0724. The molecule has 0 saturated carbocycles. The fourth-order valence-electron chi connectivity index (χ4n) is 2.53. The molecule has 1 heterocycles. The molecule has 1 amide bonds. The van der Waals surface area contributed by atoms with Gasteiger partial charge in [0.1, 0.15) is 5.82 Å². The molecule has 1 N–H and O–H groups in total. The minimum Gasteiger partial charge on any atom is -0.396 e. The molecular weight excluding hydrogens is 269 g/mol. The number of carbonyl (C=O) groups excluding carboxylic acids is 1. The predicted octanol–water partition coefficient (Wildman–Crippen LogP) is 2.86. The summed E-state index contributed by atoms with van der Waals surface area (Å²) in [5, 5.41) is 8.84. The van der Waals surface area contributed by atoms with Crippen LogP contribution in [0.4, 0.5) is 4.39 Å². The van der Waals surface area contributed by atoms with Crippen molar-refractivity contribution < 1.29 is 14.3 Å². The Morgan fingerprint density at radius 3 is 3.00 bits per heavy atom. The van der Waals surface area contributed by atoms with Crippen molar-refractivity contribution in [1.29, 1.82) is 0 Å². The van der Waals surface area contributed by atoms with Crippen LogP contribution in [0.2, 0.25) is 5.02 Å². The molecule has 5 heteroatoms. The van der Waals surface area contributed by atoms with Crippen LogP contribution in [0.3, 0.4) is 0 Å². The quantitative estimate of drug-likeness (QED) is 0.924. The van der Waals surface area contributed by atoms with E-state index in [-0.39, 0.29) is 23.6 Å². The largest absolute Gasteiger partial charge is 0.396 e. The first-order chi connectivity index (χ1) is 9.13. The predicted molar refractivity (Wildman–Crippen MR) is 71.8 cm³/mol. The van der Waals surface area contributed by atoms with Crippen LogP contribution in [0.25, 0.3) is 0 Å². The summed E-state index contributed by atoms with van der Waals surface area (Å²) in [4.78, 5) is 14.2. The number of likely N-dealkylation sites (tertiary alicyclic amines) is 1. The standard InChI is InChI=1S/C14H17ClFNO2/c15-12-9-10(5-6-13(12)16)14(19)17-7-1-3-11(17)4-2-8-18/h5-6,9,11,18H,1-4,7-8H2. The van der Waals surface area contributed by atoms with Crippen molar-refractivity contribution in [1.82, 2.24) is 4.90 Å². The monoisotopic (exact) mass is 285 g/mol. The lowest BCUT2D eigenvalue weighted by atomic mass is 10.1. The number of benzene rings is 1. The molecular formula is C14H17ClFNO2. The molecule has 1 fully saturated rings. The highest BCUT2D eigenvalue weighted by atomic mass is 35.5. The van der Waals surface area contributed by atoms with Gasteiger partial charge in [-0.05, 0) is 43.9 Å². The molecule has 0 bridgehead atoms. The third-order valence-electron chi connectivity index (χ3n) is 3.50. The second-order valence-corrected chi connectivity index (χ2v) is 5.20. The maximum atomic E-state index is 13.1. The number of halogens is 2. The van der Waals surface area contributed by atoms with Crippen molar-refractivity contribution in [3.8, 4) is 0 Å². The maximum absolute atomic E-state index is 13.1. The van der Waals surface area contributed by atoms with Crippen LogP contribution in [0.15, 0.2) is 18.2 Å². The van der Waals surface area contributed by atoms with Crippen LogP contribution >= 0.6 is 11.6 Å². The number of rotatable bonds is 4. The van der Waals surface area contributed by atoms with Gasteiger partial charge in [0.15, 0.2) is 0 Å². The molecule has 0 radical (unpaired) electrons. The van der Waals surface area contributed by atoms with E-state index in [1.165, 1.54) is 18.2 Å². The van der Waals surface area contributed by atoms with Gasteiger partial charge in [0.05, 0.1) is 5.02 Å². The summed E-state index contributed by atoms with van der Waals surface area (Å²) in [6.45, 7) is 0.852. The summed E-state index contributed by atoms with van der Waals surface area (Å²) in [5.41, 5.74) is 0.419. The Morgan fingerprint density at radius 2 is 2.32 bits per heavy atom. The number of hydrogen-bond acceptors (Lipinski definition) is 2. The van der Waals surface area contributed by atoms with Crippen molar-refractivity contribution in [2.45, 2.75) is 31.7 Å². The molecule has 3 nitrogen and oxygen atoms in total. The average molecular weight is 286 g/mol. The Kier molecular flexibility index (Phi) is 4.77. The Balaban J connectivity index is 2.11. The number of aliphatic hydroxyl groups is 1. The zero-order valence-corrected chi connectivity index (χ0v) is 11.4. The van der Waals surface area contributed by atoms with Gasteiger partial charge in [-0.1, -0.05) is 11.6 Å². The molecule has 0 aromatic heterocycles. The Morgan fingerprint density at radius 1 is 1.53 bits per heavy atom. The average Bonchev–Trinajstić information content (AvgIpc) is 2.87. The van der Waals surface area contributed by atoms with Crippen molar-refractivity contribution in [3.63, 3.8) is 0 Å². The minimum atomic E-state index is -0.517. The molecule has 0 aliphatic carbocycles. The van der Waals surface area contributed by atoms with Crippen LogP contribution in [-0.4, -0.2) is 35.1 Å². The smallest absolute Gasteiger partial charge is 0.254 e. The van der Waals surface area contributed by atoms with Crippen LogP contribution in [0.1, 0.15) is 36.0 Å². The number of carbonyl (C=O) groups is 1. The summed E-state index contributed by atoms with van der Waals surface area (Å²) in [6, 6.07) is 4.23. The van der Waals surface area contributed by atoms with Gasteiger partial charge in [-0.15, -0.1) is 0 Å². The van der Waals surface area contributed by atoms with E-state index in [1.807, 2.05) is 0 Å². The highest BCUT2D eigenvalue weighted by molar-refractivity contribution is 6.31. The number of nitrogens with zero attached hydrogens (tertiary/aromatic N) is 1. The van der Waals surface area contributed by atoms with Crippen molar-refractivity contribution >= 4 is 17.5 Å². The van der Waals surface area contributed by atoms with Crippen molar-refractivity contribution in [3.05, 3.63) is 34.6 Å². The SMILES string of the molecule is O=C(c1ccc(F)c(Cl)c1)N1CCCC1CCCO. The minimum absolute atomic E-state index is 0.0306. The lowest BCUT2D eigenvalue weighted by Crippen LogP contribution is -2.35. The van der Waals surface area contributed by atoms with E-state index in [0.717, 1.165) is 19.3 Å². The molecule has 1 aromatic carbocycles. The zero-order chi connectivity index (χ0) is 13.8. The molecule has 104 valence electrons. The van der Waals surface area contributed by atoms with Gasteiger partial charge in [0.2, 0.25) is 0 Å². The number of amides is 1. The molecule has 1 saturated heterocycles. The van der Waals surface area contributed by atoms with E-state index in [9.17, 15) is 9.18 Å². The van der Waals surface area contributed by atoms with E-state index in [0.29, 0.717) is 18.5 Å². The fraction of sp³-hybridized carbons (Fsp3) is 0.500. The van der Waals surface area contributed by atoms with Gasteiger partial charge >= 0.3 is 0 Å². The van der Waals surface area contributed by atoms with Gasteiger partial charge in [-0.2, -0.15) is 0 Å². The van der Waals surface area contributed by atoms with Crippen molar-refractivity contribution in [2.24, 2.45) is 0 Å². The van der Waals surface area contributed by atoms with Crippen molar-refractivity contribution in [2.75, 3.05) is 13.2 Å². The van der Waals surface area contributed by atoms with Gasteiger partial charge in [0.25, 0.3) is 5.91 Å². The molecule has 1 atom stereocenters. The van der Waals surface area contributed by atoms with E-state index in [1.54, 1.807) is 4.90 Å². The van der Waals surface area contributed by atoms with Gasteiger partial charge in [0, 0.05) is 24.8 Å². The van der Waals surface area contributed by atoms with Gasteiger partial charge in [-0.25, -0.2) is 4.39 Å². The second-order valence-electron chi connectivity index (χ2n) is 4.79. The summed E-state index contributed by atoms with van der Waals surface area (Å²) in [7, 11) is 0. The van der Waals surface area contributed by atoms with Crippen LogP contribution in [0.5, 0.6) is 0 Å². The van der Waals surface area contributed by atoms with Gasteiger partial charge in [-0.3, -0.25) is 4.79 Å². The highest BCUT2D eigenvalue weighted by Crippen LogP contribution is 2.25. The summed E-state index contributed by atoms with van der Waals surface area (Å²) >= 11 is 5.71. The van der Waals surface area contributed by atoms with E-state index < -0.39 is 5.82 Å². The Bertz CT molecular complexity index is 467. The summed E-state index contributed by atoms with van der Waals surface area (Å²) in [5.74, 6) is -0.626. The molecule has 1 aliphatic rings. The Hall–Kier alpha value is -1.13.